The number of likely N-dealkylation sites (tertiary alicyclic amines) is 2. The summed E-state index contributed by atoms with van der Waals surface area (Å²) in [5, 5.41) is 9.33. The summed E-state index contributed by atoms with van der Waals surface area (Å²) in [4.78, 5) is 16.4. The fourth-order valence-corrected chi connectivity index (χ4v) is 2.98. The van der Waals surface area contributed by atoms with Crippen molar-refractivity contribution in [2.45, 2.75) is 44.2 Å². The minimum absolute atomic E-state index is 0.128. The third-order valence-electron chi connectivity index (χ3n) is 4.36. The first kappa shape index (κ1) is 11.5. The molecule has 0 radical (unpaired) electrons. The van der Waals surface area contributed by atoms with Crippen LogP contribution in [0.2, 0.25) is 0 Å². The number of aliphatic hydroxyl groups excluding tert-OH is 1. The molecule has 17 heavy (non-hydrogen) atoms. The highest BCUT2D eigenvalue weighted by molar-refractivity contribution is 5.76. The van der Waals surface area contributed by atoms with Crippen LogP contribution in [0.3, 0.4) is 0 Å². The largest absolute Gasteiger partial charge is 0.390 e. The van der Waals surface area contributed by atoms with Crippen molar-refractivity contribution in [3.8, 4) is 0 Å². The van der Waals surface area contributed by atoms with Crippen LogP contribution in [0.15, 0.2) is 0 Å². The van der Waals surface area contributed by atoms with Crippen molar-refractivity contribution in [1.29, 1.82) is 0 Å². The van der Waals surface area contributed by atoms with E-state index in [2.05, 4.69) is 9.80 Å². The van der Waals surface area contributed by atoms with Gasteiger partial charge in [-0.15, -0.1) is 0 Å². The van der Waals surface area contributed by atoms with Crippen molar-refractivity contribution < 1.29 is 9.90 Å². The molecule has 2 saturated heterocycles. The average molecular weight is 238 g/mol. The molecule has 1 N–H and O–H groups in total. The summed E-state index contributed by atoms with van der Waals surface area (Å²) in [6.45, 7) is 3.53. The van der Waals surface area contributed by atoms with Gasteiger partial charge in [0.05, 0.1) is 6.10 Å². The summed E-state index contributed by atoms with van der Waals surface area (Å²) in [7, 11) is 0. The molecule has 0 aromatic carbocycles. The number of amides is 1. The van der Waals surface area contributed by atoms with Gasteiger partial charge in [-0.05, 0) is 31.6 Å². The van der Waals surface area contributed by atoms with Gasteiger partial charge in [0.15, 0.2) is 0 Å². The lowest BCUT2D eigenvalue weighted by Crippen LogP contribution is -2.55. The van der Waals surface area contributed by atoms with Crippen molar-refractivity contribution in [2.24, 2.45) is 5.92 Å². The van der Waals surface area contributed by atoms with Gasteiger partial charge in [0.25, 0.3) is 0 Å². The Morgan fingerprint density at radius 3 is 2.59 bits per heavy atom. The molecule has 0 spiro atoms. The van der Waals surface area contributed by atoms with E-state index in [1.807, 2.05) is 0 Å². The van der Waals surface area contributed by atoms with Crippen LogP contribution < -0.4 is 0 Å². The number of hydrogen-bond acceptors (Lipinski definition) is 3. The Morgan fingerprint density at radius 1 is 1.18 bits per heavy atom. The topological polar surface area (TPSA) is 43.8 Å². The first-order chi connectivity index (χ1) is 8.22. The first-order valence-electron chi connectivity index (χ1n) is 6.92. The minimum Gasteiger partial charge on any atom is -0.390 e. The Hall–Kier alpha value is -0.610. The smallest absolute Gasteiger partial charge is 0.222 e. The van der Waals surface area contributed by atoms with E-state index in [1.54, 1.807) is 0 Å². The number of carbonyl (C=O) groups is 1. The van der Waals surface area contributed by atoms with Crippen molar-refractivity contribution in [3.63, 3.8) is 0 Å². The van der Waals surface area contributed by atoms with E-state index in [-0.39, 0.29) is 6.10 Å². The second-order valence-electron chi connectivity index (χ2n) is 5.87. The molecule has 0 aromatic heterocycles. The van der Waals surface area contributed by atoms with Crippen LogP contribution in [-0.2, 0) is 4.79 Å². The standard InChI is InChI=1S/C13H22N2O2/c16-12-8-15(9-12)11-3-4-13(17)14(6-5-11)7-10-1-2-10/h10-12,16H,1-9H2. The molecule has 3 fully saturated rings. The van der Waals surface area contributed by atoms with Gasteiger partial charge < -0.3 is 10.0 Å². The van der Waals surface area contributed by atoms with Gasteiger partial charge in [0.2, 0.25) is 5.91 Å². The molecule has 3 rings (SSSR count). The molecule has 1 amide bonds. The van der Waals surface area contributed by atoms with Crippen LogP contribution in [0.25, 0.3) is 0 Å². The molecule has 4 heteroatoms. The van der Waals surface area contributed by atoms with E-state index in [0.29, 0.717) is 18.4 Å². The molecule has 96 valence electrons. The fraction of sp³-hybridized carbons (Fsp3) is 0.923. The predicted octanol–water partition coefficient (Wildman–Crippen LogP) is 0.454. The van der Waals surface area contributed by atoms with Crippen LogP contribution in [0.4, 0.5) is 0 Å². The fourth-order valence-electron chi connectivity index (χ4n) is 2.98. The number of β-amino-alcohol motifs (C(OH)–C–C–N with tert-alkyl or cyclic N) is 1. The molecule has 1 unspecified atom stereocenters. The van der Waals surface area contributed by atoms with E-state index >= 15 is 0 Å². The molecule has 3 aliphatic rings. The Morgan fingerprint density at radius 2 is 1.94 bits per heavy atom. The number of rotatable bonds is 3. The number of carbonyl (C=O) groups excluding carboxylic acids is 1. The van der Waals surface area contributed by atoms with Crippen LogP contribution in [0.5, 0.6) is 0 Å². The average Bonchev–Trinajstić information content (AvgIpc) is 3.07. The third kappa shape index (κ3) is 2.63. The van der Waals surface area contributed by atoms with Gasteiger partial charge in [0.1, 0.15) is 0 Å². The van der Waals surface area contributed by atoms with E-state index in [4.69, 9.17) is 0 Å². The maximum atomic E-state index is 12.0. The van der Waals surface area contributed by atoms with Gasteiger partial charge in [-0.3, -0.25) is 9.69 Å². The van der Waals surface area contributed by atoms with Crippen molar-refractivity contribution in [2.75, 3.05) is 26.2 Å². The zero-order chi connectivity index (χ0) is 11.8. The van der Waals surface area contributed by atoms with E-state index < -0.39 is 0 Å². The van der Waals surface area contributed by atoms with E-state index in [9.17, 15) is 9.90 Å². The summed E-state index contributed by atoms with van der Waals surface area (Å²) in [5.74, 6) is 1.14. The van der Waals surface area contributed by atoms with Gasteiger partial charge in [-0.25, -0.2) is 0 Å². The summed E-state index contributed by atoms with van der Waals surface area (Å²) in [5.41, 5.74) is 0. The highest BCUT2D eigenvalue weighted by atomic mass is 16.3. The van der Waals surface area contributed by atoms with Crippen LogP contribution in [0, 0.1) is 5.92 Å². The molecule has 1 saturated carbocycles. The zero-order valence-electron chi connectivity index (χ0n) is 10.3. The van der Waals surface area contributed by atoms with Crippen molar-refractivity contribution >= 4 is 5.91 Å². The number of aliphatic hydroxyl groups is 1. The Kier molecular flexibility index (Phi) is 3.09. The molecule has 1 aliphatic carbocycles. The quantitative estimate of drug-likeness (QED) is 0.776. The minimum atomic E-state index is -0.128. The van der Waals surface area contributed by atoms with Crippen LogP contribution in [0.1, 0.15) is 32.1 Å². The predicted molar refractivity (Wildman–Crippen MR) is 64.5 cm³/mol. The normalized spacial score (nSPS) is 32.4. The molecule has 2 heterocycles. The zero-order valence-corrected chi connectivity index (χ0v) is 10.3. The molecule has 4 nitrogen and oxygen atoms in total. The first-order valence-corrected chi connectivity index (χ1v) is 6.92. The van der Waals surface area contributed by atoms with Crippen molar-refractivity contribution in [3.05, 3.63) is 0 Å². The monoisotopic (exact) mass is 238 g/mol. The Balaban J connectivity index is 1.52. The van der Waals surface area contributed by atoms with Gasteiger partial charge in [-0.2, -0.15) is 0 Å². The van der Waals surface area contributed by atoms with E-state index in [0.717, 1.165) is 44.9 Å². The maximum absolute atomic E-state index is 12.0. The SMILES string of the molecule is O=C1CCC(N2CC(O)C2)CCN1CC1CC1. The summed E-state index contributed by atoms with van der Waals surface area (Å²) in [6.07, 6.45) is 5.26. The van der Waals surface area contributed by atoms with Crippen LogP contribution in [-0.4, -0.2) is 59.1 Å². The molecular weight excluding hydrogens is 216 g/mol. The molecule has 1 atom stereocenters. The van der Waals surface area contributed by atoms with Gasteiger partial charge >= 0.3 is 0 Å². The molecular formula is C13H22N2O2. The molecule has 0 aromatic rings. The summed E-state index contributed by atoms with van der Waals surface area (Å²) >= 11 is 0. The number of hydrogen-bond donors (Lipinski definition) is 1. The molecule has 0 bridgehead atoms. The van der Waals surface area contributed by atoms with E-state index in [1.165, 1.54) is 12.8 Å². The van der Waals surface area contributed by atoms with Crippen molar-refractivity contribution in [1.82, 2.24) is 9.80 Å². The highest BCUT2D eigenvalue weighted by Crippen LogP contribution is 2.31. The Bertz CT molecular complexity index is 298. The lowest BCUT2D eigenvalue weighted by atomic mass is 10.0. The Labute approximate surface area is 103 Å². The lowest BCUT2D eigenvalue weighted by molar-refractivity contribution is -0.130. The number of nitrogens with zero attached hydrogens (tertiary/aromatic N) is 2. The van der Waals surface area contributed by atoms with Gasteiger partial charge in [0, 0.05) is 38.6 Å². The molecule has 2 aliphatic heterocycles. The summed E-state index contributed by atoms with van der Waals surface area (Å²) < 4.78 is 0. The second kappa shape index (κ2) is 4.58. The third-order valence-corrected chi connectivity index (χ3v) is 4.36. The van der Waals surface area contributed by atoms with Gasteiger partial charge in [-0.1, -0.05) is 0 Å². The highest BCUT2D eigenvalue weighted by Gasteiger charge is 2.34. The maximum Gasteiger partial charge on any atom is 0.222 e. The lowest BCUT2D eigenvalue weighted by Gasteiger charge is -2.41. The summed E-state index contributed by atoms with van der Waals surface area (Å²) in [6, 6.07) is 0.520. The van der Waals surface area contributed by atoms with Crippen LogP contribution >= 0.6 is 0 Å². The second-order valence-corrected chi connectivity index (χ2v) is 5.87.